The summed E-state index contributed by atoms with van der Waals surface area (Å²) in [5, 5.41) is 8.82. The van der Waals surface area contributed by atoms with Crippen molar-refractivity contribution in [3.63, 3.8) is 0 Å². The number of nitrogen functional groups attached to an aromatic ring is 1. The van der Waals surface area contributed by atoms with Gasteiger partial charge in [-0.2, -0.15) is 0 Å². The summed E-state index contributed by atoms with van der Waals surface area (Å²) in [5.74, 6) is 1.67. The van der Waals surface area contributed by atoms with Crippen molar-refractivity contribution >= 4 is 5.82 Å². The van der Waals surface area contributed by atoms with E-state index >= 15 is 0 Å². The van der Waals surface area contributed by atoms with Gasteiger partial charge in [-0.1, -0.05) is 0 Å². The highest BCUT2D eigenvalue weighted by Crippen LogP contribution is 2.30. The molecule has 0 aromatic carbocycles. The van der Waals surface area contributed by atoms with E-state index in [1.165, 1.54) is 0 Å². The van der Waals surface area contributed by atoms with E-state index in [-0.39, 0.29) is 12.7 Å². The minimum atomic E-state index is 0.234. The maximum absolute atomic E-state index is 8.82. The zero-order valence-corrected chi connectivity index (χ0v) is 7.89. The van der Waals surface area contributed by atoms with E-state index in [4.69, 9.17) is 15.6 Å². The Labute approximate surface area is 82.7 Å². The first kappa shape index (κ1) is 9.27. The number of nitrogens with two attached hydrogens (primary N) is 1. The van der Waals surface area contributed by atoms with Gasteiger partial charge in [-0.3, -0.25) is 0 Å². The van der Waals surface area contributed by atoms with Crippen LogP contribution in [-0.2, 0) is 0 Å². The van der Waals surface area contributed by atoms with Crippen LogP contribution >= 0.6 is 0 Å². The molecule has 76 valence electrons. The number of pyridine rings is 1. The molecule has 0 bridgehead atoms. The molecule has 3 N–H and O–H groups in total. The maximum Gasteiger partial charge on any atom is 0.138 e. The van der Waals surface area contributed by atoms with Gasteiger partial charge < -0.3 is 15.6 Å². The second kappa shape index (κ2) is 3.84. The molecule has 4 heteroatoms. The molecule has 4 nitrogen and oxygen atoms in total. The number of aromatic nitrogens is 1. The smallest absolute Gasteiger partial charge is 0.138 e. The molecule has 0 spiro atoms. The van der Waals surface area contributed by atoms with E-state index in [1.54, 1.807) is 12.3 Å². The molecule has 1 aromatic heterocycles. The molecule has 0 aliphatic heterocycles. The van der Waals surface area contributed by atoms with Gasteiger partial charge >= 0.3 is 0 Å². The predicted molar refractivity (Wildman–Crippen MR) is 52.9 cm³/mol. The minimum absolute atomic E-state index is 0.234. The van der Waals surface area contributed by atoms with Crippen LogP contribution in [0.5, 0.6) is 5.75 Å². The van der Waals surface area contributed by atoms with E-state index < -0.39 is 0 Å². The molecule has 1 saturated carbocycles. The quantitative estimate of drug-likeness (QED) is 0.747. The van der Waals surface area contributed by atoms with E-state index in [1.807, 2.05) is 6.07 Å². The zero-order valence-electron chi connectivity index (χ0n) is 7.89. The van der Waals surface area contributed by atoms with Crippen LogP contribution < -0.4 is 10.5 Å². The van der Waals surface area contributed by atoms with Crippen molar-refractivity contribution in [1.29, 1.82) is 0 Å². The molecule has 0 atom stereocenters. The highest BCUT2D eigenvalue weighted by molar-refractivity contribution is 5.32. The van der Waals surface area contributed by atoms with Crippen LogP contribution in [0.4, 0.5) is 5.82 Å². The SMILES string of the molecule is Nc1ccc(OC2CC(CO)C2)cn1. The van der Waals surface area contributed by atoms with Gasteiger partial charge in [0.2, 0.25) is 0 Å². The Bertz CT molecular complexity index is 293. The zero-order chi connectivity index (χ0) is 9.97. The van der Waals surface area contributed by atoms with Crippen molar-refractivity contribution in [2.24, 2.45) is 5.92 Å². The number of anilines is 1. The monoisotopic (exact) mass is 194 g/mol. The second-order valence-corrected chi connectivity index (χ2v) is 3.68. The maximum atomic E-state index is 8.82. The molecule has 1 fully saturated rings. The number of nitrogens with zero attached hydrogens (tertiary/aromatic N) is 1. The summed E-state index contributed by atoms with van der Waals surface area (Å²) in [6, 6.07) is 3.53. The van der Waals surface area contributed by atoms with Gasteiger partial charge in [-0.05, 0) is 30.9 Å². The van der Waals surface area contributed by atoms with Crippen LogP contribution in [0.15, 0.2) is 18.3 Å². The van der Waals surface area contributed by atoms with Crippen LogP contribution in [0.1, 0.15) is 12.8 Å². The normalized spacial score (nSPS) is 25.5. The van der Waals surface area contributed by atoms with Crippen LogP contribution in [0.2, 0.25) is 0 Å². The van der Waals surface area contributed by atoms with Gasteiger partial charge in [-0.25, -0.2) is 4.98 Å². The molecular formula is C10H14N2O2. The van der Waals surface area contributed by atoms with E-state index in [2.05, 4.69) is 4.98 Å². The summed E-state index contributed by atoms with van der Waals surface area (Å²) in [6.45, 7) is 0.264. The molecule has 1 aliphatic rings. The first-order chi connectivity index (χ1) is 6.78. The Kier molecular flexibility index (Phi) is 2.54. The highest BCUT2D eigenvalue weighted by atomic mass is 16.5. The molecule has 2 rings (SSSR count). The average Bonchev–Trinajstić information content (AvgIpc) is 2.13. The Morgan fingerprint density at radius 1 is 1.50 bits per heavy atom. The fraction of sp³-hybridized carbons (Fsp3) is 0.500. The lowest BCUT2D eigenvalue weighted by molar-refractivity contribution is 0.0323. The van der Waals surface area contributed by atoms with Crippen LogP contribution in [0.25, 0.3) is 0 Å². The first-order valence-electron chi connectivity index (χ1n) is 4.77. The van der Waals surface area contributed by atoms with Crippen LogP contribution in [0, 0.1) is 5.92 Å². The fourth-order valence-electron chi connectivity index (χ4n) is 1.57. The summed E-state index contributed by atoms with van der Waals surface area (Å²) in [5.41, 5.74) is 5.45. The van der Waals surface area contributed by atoms with Crippen LogP contribution in [-0.4, -0.2) is 22.8 Å². The summed E-state index contributed by atoms with van der Waals surface area (Å²) < 4.78 is 5.61. The number of aliphatic hydroxyl groups is 1. The van der Waals surface area contributed by atoms with E-state index in [9.17, 15) is 0 Å². The lowest BCUT2D eigenvalue weighted by atomic mass is 9.83. The largest absolute Gasteiger partial charge is 0.489 e. The topological polar surface area (TPSA) is 68.4 Å². The van der Waals surface area contributed by atoms with Crippen molar-refractivity contribution < 1.29 is 9.84 Å². The summed E-state index contributed by atoms with van der Waals surface area (Å²) >= 11 is 0. The molecule has 1 heterocycles. The third-order valence-electron chi connectivity index (χ3n) is 2.51. The fourth-order valence-corrected chi connectivity index (χ4v) is 1.57. The van der Waals surface area contributed by atoms with Crippen molar-refractivity contribution in [3.8, 4) is 5.75 Å². The Morgan fingerprint density at radius 3 is 2.86 bits per heavy atom. The predicted octanol–water partition coefficient (Wildman–Crippen LogP) is 0.814. The first-order valence-corrected chi connectivity index (χ1v) is 4.77. The molecule has 0 unspecified atom stereocenters. The van der Waals surface area contributed by atoms with Gasteiger partial charge in [0, 0.05) is 6.61 Å². The summed E-state index contributed by atoms with van der Waals surface area (Å²) in [6.07, 6.45) is 3.72. The Morgan fingerprint density at radius 2 is 2.29 bits per heavy atom. The van der Waals surface area contributed by atoms with Gasteiger partial charge in [0.05, 0.1) is 12.3 Å². The van der Waals surface area contributed by atoms with E-state index in [0.29, 0.717) is 11.7 Å². The van der Waals surface area contributed by atoms with Gasteiger partial charge in [-0.15, -0.1) is 0 Å². The number of hydrogen-bond donors (Lipinski definition) is 2. The third kappa shape index (κ3) is 1.96. The minimum Gasteiger partial charge on any atom is -0.489 e. The van der Waals surface area contributed by atoms with Crippen LogP contribution in [0.3, 0.4) is 0 Å². The molecule has 0 amide bonds. The van der Waals surface area contributed by atoms with E-state index in [0.717, 1.165) is 18.6 Å². The Hall–Kier alpha value is -1.29. The summed E-state index contributed by atoms with van der Waals surface area (Å²) in [4.78, 5) is 3.93. The molecular weight excluding hydrogens is 180 g/mol. The lowest BCUT2D eigenvalue weighted by Gasteiger charge is -2.33. The Balaban J connectivity index is 1.84. The number of aliphatic hydroxyl groups excluding tert-OH is 1. The van der Waals surface area contributed by atoms with Gasteiger partial charge in [0.25, 0.3) is 0 Å². The molecule has 1 aromatic rings. The van der Waals surface area contributed by atoms with Gasteiger partial charge in [0.15, 0.2) is 0 Å². The molecule has 0 saturated heterocycles. The molecule has 1 aliphatic carbocycles. The number of ether oxygens (including phenoxy) is 1. The summed E-state index contributed by atoms with van der Waals surface area (Å²) in [7, 11) is 0. The van der Waals surface area contributed by atoms with Crippen molar-refractivity contribution in [3.05, 3.63) is 18.3 Å². The average molecular weight is 194 g/mol. The second-order valence-electron chi connectivity index (χ2n) is 3.68. The number of rotatable bonds is 3. The lowest BCUT2D eigenvalue weighted by Crippen LogP contribution is -2.35. The number of hydrogen-bond acceptors (Lipinski definition) is 4. The third-order valence-corrected chi connectivity index (χ3v) is 2.51. The standard InChI is InChI=1S/C10H14N2O2/c11-10-2-1-8(5-12-10)14-9-3-7(4-9)6-13/h1-2,5,7,9,13H,3-4,6H2,(H2,11,12). The van der Waals surface area contributed by atoms with Crippen molar-refractivity contribution in [2.75, 3.05) is 12.3 Å². The molecule has 0 radical (unpaired) electrons. The molecule has 14 heavy (non-hydrogen) atoms. The van der Waals surface area contributed by atoms with Crippen molar-refractivity contribution in [2.45, 2.75) is 18.9 Å². The van der Waals surface area contributed by atoms with Crippen molar-refractivity contribution in [1.82, 2.24) is 4.98 Å². The van der Waals surface area contributed by atoms with Gasteiger partial charge in [0.1, 0.15) is 11.6 Å². The highest BCUT2D eigenvalue weighted by Gasteiger charge is 2.30.